The van der Waals surface area contributed by atoms with E-state index in [1.54, 1.807) is 48.5 Å². The van der Waals surface area contributed by atoms with Crippen LogP contribution < -0.4 is 19.1 Å². The van der Waals surface area contributed by atoms with Gasteiger partial charge < -0.3 is 14.8 Å². The molecule has 0 radical (unpaired) electrons. The molecule has 0 spiro atoms. The fourth-order valence-electron chi connectivity index (χ4n) is 2.89. The quantitative estimate of drug-likeness (QED) is 0.544. The Morgan fingerprint density at radius 2 is 1.58 bits per heavy atom. The molecular weight excluding hydrogens is 440 g/mol. The summed E-state index contributed by atoms with van der Waals surface area (Å²) in [4.78, 5) is 12.8. The van der Waals surface area contributed by atoms with Crippen LogP contribution in [0.3, 0.4) is 0 Å². The SMILES string of the molecule is COc1ccc(NC(=O)CN(c2ccccc2)S(=O)(=O)c2ccc(Cl)cc2)cc1OC. The number of nitrogens with one attached hydrogen (secondary N) is 1. The molecule has 0 heterocycles. The number of sulfonamides is 1. The summed E-state index contributed by atoms with van der Waals surface area (Å²) < 4.78 is 38.0. The zero-order valence-corrected chi connectivity index (χ0v) is 18.5. The van der Waals surface area contributed by atoms with E-state index in [0.29, 0.717) is 27.9 Å². The second kappa shape index (κ2) is 9.72. The lowest BCUT2D eigenvalue weighted by atomic mass is 10.2. The van der Waals surface area contributed by atoms with Gasteiger partial charge in [0.1, 0.15) is 6.54 Å². The van der Waals surface area contributed by atoms with Crippen molar-refractivity contribution in [2.75, 3.05) is 30.4 Å². The number of ether oxygens (including phenoxy) is 2. The number of para-hydroxylation sites is 1. The summed E-state index contributed by atoms with van der Waals surface area (Å²) in [6.07, 6.45) is 0. The Kier molecular flexibility index (Phi) is 7.04. The number of nitrogens with zero attached hydrogens (tertiary/aromatic N) is 1. The zero-order valence-electron chi connectivity index (χ0n) is 16.9. The van der Waals surface area contributed by atoms with Crippen LogP contribution in [-0.2, 0) is 14.8 Å². The second-order valence-corrected chi connectivity index (χ2v) is 8.72. The van der Waals surface area contributed by atoms with Gasteiger partial charge in [-0.05, 0) is 48.5 Å². The number of hydrogen-bond donors (Lipinski definition) is 1. The minimum Gasteiger partial charge on any atom is -0.493 e. The van der Waals surface area contributed by atoms with Gasteiger partial charge in [0.2, 0.25) is 5.91 Å². The first-order chi connectivity index (χ1) is 14.8. The lowest BCUT2D eigenvalue weighted by molar-refractivity contribution is -0.114. The normalized spacial score (nSPS) is 10.9. The molecule has 0 fully saturated rings. The smallest absolute Gasteiger partial charge is 0.264 e. The van der Waals surface area contributed by atoms with Crippen LogP contribution in [-0.4, -0.2) is 35.1 Å². The van der Waals surface area contributed by atoms with Crippen LogP contribution in [0, 0.1) is 0 Å². The Morgan fingerprint density at radius 1 is 0.935 bits per heavy atom. The average Bonchev–Trinajstić information content (AvgIpc) is 2.78. The van der Waals surface area contributed by atoms with Crippen LogP contribution in [0.4, 0.5) is 11.4 Å². The maximum Gasteiger partial charge on any atom is 0.264 e. The van der Waals surface area contributed by atoms with Crippen molar-refractivity contribution in [2.24, 2.45) is 0 Å². The number of halogens is 1. The molecule has 0 bridgehead atoms. The van der Waals surface area contributed by atoms with Crippen LogP contribution in [0.2, 0.25) is 5.02 Å². The molecule has 31 heavy (non-hydrogen) atoms. The van der Waals surface area contributed by atoms with Crippen molar-refractivity contribution < 1.29 is 22.7 Å². The summed E-state index contributed by atoms with van der Waals surface area (Å²) in [6.45, 7) is -0.427. The Morgan fingerprint density at radius 3 is 2.19 bits per heavy atom. The number of carbonyl (C=O) groups excluding carboxylic acids is 1. The Labute approximate surface area is 186 Å². The van der Waals surface area contributed by atoms with E-state index < -0.39 is 22.5 Å². The minimum atomic E-state index is -4.01. The maximum atomic E-state index is 13.3. The van der Waals surface area contributed by atoms with Gasteiger partial charge in [0.25, 0.3) is 10.0 Å². The largest absolute Gasteiger partial charge is 0.493 e. The summed E-state index contributed by atoms with van der Waals surface area (Å²) >= 11 is 5.89. The molecular formula is C22H21ClN2O5S. The molecule has 3 aromatic carbocycles. The summed E-state index contributed by atoms with van der Waals surface area (Å²) in [7, 11) is -1.02. The molecule has 9 heteroatoms. The minimum absolute atomic E-state index is 0.0275. The molecule has 162 valence electrons. The predicted octanol–water partition coefficient (Wildman–Crippen LogP) is 4.19. The van der Waals surface area contributed by atoms with Gasteiger partial charge in [-0.1, -0.05) is 29.8 Å². The summed E-state index contributed by atoms with van der Waals surface area (Å²) in [5, 5.41) is 3.11. The molecule has 0 unspecified atom stereocenters. The molecule has 0 saturated carbocycles. The molecule has 0 aliphatic rings. The lowest BCUT2D eigenvalue weighted by Crippen LogP contribution is -2.38. The Balaban J connectivity index is 1.89. The van der Waals surface area contributed by atoms with Crippen molar-refractivity contribution in [3.8, 4) is 11.5 Å². The Hall–Kier alpha value is -3.23. The summed E-state index contributed by atoms with van der Waals surface area (Å²) in [6, 6.07) is 19.1. The number of methoxy groups -OCH3 is 2. The molecule has 3 rings (SSSR count). The van der Waals surface area contributed by atoms with Crippen molar-refractivity contribution in [1.82, 2.24) is 0 Å². The molecule has 0 atom stereocenters. The standard InChI is InChI=1S/C22H21ClN2O5S/c1-29-20-13-10-17(14-21(20)30-2)24-22(26)15-25(18-6-4-3-5-7-18)31(27,28)19-11-8-16(23)9-12-19/h3-14H,15H2,1-2H3,(H,24,26). The highest BCUT2D eigenvalue weighted by Crippen LogP contribution is 2.30. The topological polar surface area (TPSA) is 84.9 Å². The second-order valence-electron chi connectivity index (χ2n) is 6.42. The van der Waals surface area contributed by atoms with E-state index in [0.717, 1.165) is 4.31 Å². The number of carbonyl (C=O) groups is 1. The van der Waals surface area contributed by atoms with Crippen LogP contribution in [0.15, 0.2) is 77.7 Å². The molecule has 3 aromatic rings. The zero-order chi connectivity index (χ0) is 22.4. The van der Waals surface area contributed by atoms with E-state index in [4.69, 9.17) is 21.1 Å². The molecule has 0 aliphatic heterocycles. The molecule has 0 aromatic heterocycles. The third-order valence-corrected chi connectivity index (χ3v) is 6.44. The van der Waals surface area contributed by atoms with Crippen LogP contribution in [0.1, 0.15) is 0 Å². The summed E-state index contributed by atoms with van der Waals surface area (Å²) in [5.74, 6) is 0.430. The van der Waals surface area contributed by atoms with Gasteiger partial charge in [-0.15, -0.1) is 0 Å². The number of hydrogen-bond acceptors (Lipinski definition) is 5. The van der Waals surface area contributed by atoms with Gasteiger partial charge in [-0.2, -0.15) is 0 Å². The number of amides is 1. The predicted molar refractivity (Wildman–Crippen MR) is 121 cm³/mol. The van der Waals surface area contributed by atoms with Gasteiger partial charge in [-0.25, -0.2) is 8.42 Å². The summed E-state index contributed by atoms with van der Waals surface area (Å²) in [5.41, 5.74) is 0.805. The highest BCUT2D eigenvalue weighted by atomic mass is 35.5. The first-order valence-corrected chi connectivity index (χ1v) is 11.0. The van der Waals surface area contributed by atoms with Gasteiger partial charge in [0.15, 0.2) is 11.5 Å². The maximum absolute atomic E-state index is 13.3. The first kappa shape index (κ1) is 22.5. The van der Waals surface area contributed by atoms with E-state index in [1.807, 2.05) is 0 Å². The van der Waals surface area contributed by atoms with Gasteiger partial charge in [0, 0.05) is 16.8 Å². The number of rotatable bonds is 8. The number of anilines is 2. The lowest BCUT2D eigenvalue weighted by Gasteiger charge is -2.24. The van der Waals surface area contributed by atoms with Gasteiger partial charge in [0.05, 0.1) is 24.8 Å². The van der Waals surface area contributed by atoms with Crippen LogP contribution >= 0.6 is 11.6 Å². The third-order valence-electron chi connectivity index (χ3n) is 4.40. The molecule has 1 N–H and O–H groups in total. The van der Waals surface area contributed by atoms with Crippen molar-refractivity contribution in [1.29, 1.82) is 0 Å². The highest BCUT2D eigenvalue weighted by molar-refractivity contribution is 7.92. The van der Waals surface area contributed by atoms with Crippen LogP contribution in [0.25, 0.3) is 0 Å². The third kappa shape index (κ3) is 5.28. The van der Waals surface area contributed by atoms with E-state index >= 15 is 0 Å². The molecule has 0 saturated heterocycles. The van der Waals surface area contributed by atoms with E-state index in [1.165, 1.54) is 38.5 Å². The van der Waals surface area contributed by atoms with Crippen molar-refractivity contribution in [3.05, 3.63) is 77.8 Å². The monoisotopic (exact) mass is 460 g/mol. The van der Waals surface area contributed by atoms with Crippen molar-refractivity contribution >= 4 is 38.9 Å². The molecule has 7 nitrogen and oxygen atoms in total. The molecule has 1 amide bonds. The van der Waals surface area contributed by atoms with Gasteiger partial charge in [-0.3, -0.25) is 9.10 Å². The van der Waals surface area contributed by atoms with Crippen molar-refractivity contribution in [3.63, 3.8) is 0 Å². The first-order valence-electron chi connectivity index (χ1n) is 9.20. The number of benzene rings is 3. The average molecular weight is 461 g/mol. The van der Waals surface area contributed by atoms with E-state index in [9.17, 15) is 13.2 Å². The van der Waals surface area contributed by atoms with E-state index in [2.05, 4.69) is 5.32 Å². The Bertz CT molecular complexity index is 1150. The van der Waals surface area contributed by atoms with Crippen molar-refractivity contribution in [2.45, 2.75) is 4.90 Å². The van der Waals surface area contributed by atoms with E-state index in [-0.39, 0.29) is 4.90 Å². The van der Waals surface area contributed by atoms with Crippen LogP contribution in [0.5, 0.6) is 11.5 Å². The fourth-order valence-corrected chi connectivity index (χ4v) is 4.43. The fraction of sp³-hybridized carbons (Fsp3) is 0.136. The molecule has 0 aliphatic carbocycles. The highest BCUT2D eigenvalue weighted by Gasteiger charge is 2.27. The van der Waals surface area contributed by atoms with Gasteiger partial charge >= 0.3 is 0 Å².